The molecular weight excluding hydrogens is 300 g/mol. The standard InChI is InChI=1S/C12H11BrN2O3/c1-17-9-4-2-8(3-5-9)6-18-12-10(13)11(16)14-7-15-12/h2-5,7H,6H2,1H3,(H,14,15,16). The van der Waals surface area contributed by atoms with Gasteiger partial charge >= 0.3 is 0 Å². The third-order valence-corrected chi connectivity index (χ3v) is 3.00. The molecule has 6 heteroatoms. The molecule has 0 spiro atoms. The predicted molar refractivity (Wildman–Crippen MR) is 69.9 cm³/mol. The molecule has 1 heterocycles. The fourth-order valence-electron chi connectivity index (χ4n) is 1.34. The maximum absolute atomic E-state index is 11.3. The van der Waals surface area contributed by atoms with Crippen molar-refractivity contribution in [2.75, 3.05) is 7.11 Å². The van der Waals surface area contributed by atoms with E-state index in [2.05, 4.69) is 25.9 Å². The van der Waals surface area contributed by atoms with Gasteiger partial charge in [-0.3, -0.25) is 4.79 Å². The van der Waals surface area contributed by atoms with Crippen LogP contribution in [0.25, 0.3) is 0 Å². The molecule has 0 aliphatic rings. The fourth-order valence-corrected chi connectivity index (χ4v) is 1.67. The lowest BCUT2D eigenvalue weighted by atomic mass is 10.2. The van der Waals surface area contributed by atoms with Crippen LogP contribution < -0.4 is 15.0 Å². The number of halogens is 1. The van der Waals surface area contributed by atoms with Crippen molar-refractivity contribution in [2.24, 2.45) is 0 Å². The number of hydrogen-bond donors (Lipinski definition) is 1. The molecule has 1 N–H and O–H groups in total. The molecule has 2 aromatic rings. The molecule has 0 atom stereocenters. The van der Waals surface area contributed by atoms with E-state index in [1.165, 1.54) is 6.33 Å². The lowest BCUT2D eigenvalue weighted by Gasteiger charge is -2.06. The Bertz CT molecular complexity index is 581. The second kappa shape index (κ2) is 5.68. The molecule has 0 saturated heterocycles. The number of ether oxygens (including phenoxy) is 2. The molecule has 0 bridgehead atoms. The molecule has 0 aliphatic heterocycles. The zero-order chi connectivity index (χ0) is 13.0. The van der Waals surface area contributed by atoms with Crippen molar-refractivity contribution in [2.45, 2.75) is 6.61 Å². The van der Waals surface area contributed by atoms with E-state index in [-0.39, 0.29) is 11.4 Å². The first-order valence-corrected chi connectivity index (χ1v) is 5.99. The van der Waals surface area contributed by atoms with Crippen molar-refractivity contribution in [3.8, 4) is 11.6 Å². The summed E-state index contributed by atoms with van der Waals surface area (Å²) in [6.45, 7) is 0.332. The quantitative estimate of drug-likeness (QED) is 0.939. The first kappa shape index (κ1) is 12.6. The van der Waals surface area contributed by atoms with Crippen LogP contribution in [-0.4, -0.2) is 17.1 Å². The summed E-state index contributed by atoms with van der Waals surface area (Å²) in [5.74, 6) is 1.06. The highest BCUT2D eigenvalue weighted by molar-refractivity contribution is 9.10. The number of aromatic nitrogens is 2. The number of benzene rings is 1. The molecule has 0 radical (unpaired) electrons. The second-order valence-electron chi connectivity index (χ2n) is 3.49. The molecule has 2 rings (SSSR count). The van der Waals surface area contributed by atoms with Gasteiger partial charge < -0.3 is 14.5 Å². The Hall–Kier alpha value is -1.82. The number of rotatable bonds is 4. The zero-order valence-corrected chi connectivity index (χ0v) is 11.2. The van der Waals surface area contributed by atoms with E-state index in [0.29, 0.717) is 11.1 Å². The first-order chi connectivity index (χ1) is 8.70. The van der Waals surface area contributed by atoms with Crippen molar-refractivity contribution >= 4 is 15.9 Å². The van der Waals surface area contributed by atoms with Crippen molar-refractivity contribution in [1.82, 2.24) is 9.97 Å². The third kappa shape index (κ3) is 2.89. The Morgan fingerprint density at radius 1 is 1.33 bits per heavy atom. The normalized spacial score (nSPS) is 10.1. The summed E-state index contributed by atoms with van der Waals surface area (Å²) in [4.78, 5) is 17.7. The van der Waals surface area contributed by atoms with E-state index in [9.17, 15) is 4.79 Å². The maximum Gasteiger partial charge on any atom is 0.268 e. The fraction of sp³-hybridized carbons (Fsp3) is 0.167. The Morgan fingerprint density at radius 3 is 2.72 bits per heavy atom. The molecule has 0 unspecified atom stereocenters. The largest absolute Gasteiger partial charge is 0.497 e. The Balaban J connectivity index is 2.06. The Labute approximate surface area is 112 Å². The topological polar surface area (TPSA) is 64.2 Å². The number of nitrogens with zero attached hydrogens (tertiary/aromatic N) is 1. The molecule has 0 aliphatic carbocycles. The summed E-state index contributed by atoms with van der Waals surface area (Å²) in [5.41, 5.74) is 0.694. The number of aromatic amines is 1. The third-order valence-electron chi connectivity index (χ3n) is 2.30. The zero-order valence-electron chi connectivity index (χ0n) is 9.64. The van der Waals surface area contributed by atoms with E-state index >= 15 is 0 Å². The lowest BCUT2D eigenvalue weighted by Crippen LogP contribution is -2.09. The molecule has 18 heavy (non-hydrogen) atoms. The van der Waals surface area contributed by atoms with Crippen LogP contribution in [0.3, 0.4) is 0 Å². The smallest absolute Gasteiger partial charge is 0.268 e. The highest BCUT2D eigenvalue weighted by Crippen LogP contribution is 2.18. The molecule has 0 amide bonds. The van der Waals surface area contributed by atoms with Gasteiger partial charge in [-0.1, -0.05) is 12.1 Å². The van der Waals surface area contributed by atoms with Crippen molar-refractivity contribution in [3.05, 3.63) is 51.0 Å². The second-order valence-corrected chi connectivity index (χ2v) is 4.28. The van der Waals surface area contributed by atoms with Gasteiger partial charge in [-0.05, 0) is 33.6 Å². The van der Waals surface area contributed by atoms with Crippen molar-refractivity contribution in [3.63, 3.8) is 0 Å². The maximum atomic E-state index is 11.3. The molecule has 0 saturated carbocycles. The number of hydrogen-bond acceptors (Lipinski definition) is 4. The molecule has 1 aromatic carbocycles. The van der Waals surface area contributed by atoms with Crippen LogP contribution >= 0.6 is 15.9 Å². The van der Waals surface area contributed by atoms with Gasteiger partial charge in [0.2, 0.25) is 5.88 Å². The Morgan fingerprint density at radius 2 is 2.06 bits per heavy atom. The number of methoxy groups -OCH3 is 1. The summed E-state index contributed by atoms with van der Waals surface area (Å²) in [7, 11) is 1.61. The summed E-state index contributed by atoms with van der Waals surface area (Å²) in [6.07, 6.45) is 1.30. The monoisotopic (exact) mass is 310 g/mol. The van der Waals surface area contributed by atoms with E-state index in [1.807, 2.05) is 24.3 Å². The first-order valence-electron chi connectivity index (χ1n) is 5.19. The summed E-state index contributed by atoms with van der Waals surface area (Å²) in [6, 6.07) is 7.47. The van der Waals surface area contributed by atoms with Crippen LogP contribution in [0, 0.1) is 0 Å². The average molecular weight is 311 g/mol. The van der Waals surface area contributed by atoms with E-state index < -0.39 is 0 Å². The van der Waals surface area contributed by atoms with Crippen LogP contribution in [-0.2, 0) is 6.61 Å². The molecule has 94 valence electrons. The molecule has 5 nitrogen and oxygen atoms in total. The summed E-state index contributed by atoms with van der Waals surface area (Å²) in [5, 5.41) is 0. The number of H-pyrrole nitrogens is 1. The van der Waals surface area contributed by atoms with Gasteiger partial charge in [0.15, 0.2) is 0 Å². The highest BCUT2D eigenvalue weighted by Gasteiger charge is 2.06. The van der Waals surface area contributed by atoms with Gasteiger partial charge in [0, 0.05) is 0 Å². The summed E-state index contributed by atoms with van der Waals surface area (Å²) >= 11 is 3.13. The van der Waals surface area contributed by atoms with Crippen LogP contribution in [0.4, 0.5) is 0 Å². The number of nitrogens with one attached hydrogen (secondary N) is 1. The van der Waals surface area contributed by atoms with Crippen LogP contribution in [0.1, 0.15) is 5.56 Å². The van der Waals surface area contributed by atoms with Gasteiger partial charge in [0.05, 0.1) is 13.4 Å². The van der Waals surface area contributed by atoms with Crippen LogP contribution in [0.2, 0.25) is 0 Å². The van der Waals surface area contributed by atoms with Crippen molar-refractivity contribution < 1.29 is 9.47 Å². The Kier molecular flexibility index (Phi) is 3.99. The lowest BCUT2D eigenvalue weighted by molar-refractivity contribution is 0.290. The predicted octanol–water partition coefficient (Wildman–Crippen LogP) is 2.12. The van der Waals surface area contributed by atoms with Gasteiger partial charge in [0.1, 0.15) is 16.8 Å². The van der Waals surface area contributed by atoms with Gasteiger partial charge in [0.25, 0.3) is 5.56 Å². The van der Waals surface area contributed by atoms with E-state index in [1.54, 1.807) is 7.11 Å². The molecule has 1 aromatic heterocycles. The van der Waals surface area contributed by atoms with Gasteiger partial charge in [-0.2, -0.15) is 0 Å². The van der Waals surface area contributed by atoms with Crippen LogP contribution in [0.15, 0.2) is 39.9 Å². The molecule has 0 fully saturated rings. The van der Waals surface area contributed by atoms with Crippen LogP contribution in [0.5, 0.6) is 11.6 Å². The minimum atomic E-state index is -0.269. The van der Waals surface area contributed by atoms with E-state index in [0.717, 1.165) is 11.3 Å². The minimum absolute atomic E-state index is 0.269. The van der Waals surface area contributed by atoms with Gasteiger partial charge in [-0.15, -0.1) is 0 Å². The highest BCUT2D eigenvalue weighted by atomic mass is 79.9. The SMILES string of the molecule is COc1ccc(COc2nc[nH]c(=O)c2Br)cc1. The average Bonchev–Trinajstić information content (AvgIpc) is 2.41. The molecular formula is C12H11BrN2O3. The van der Waals surface area contributed by atoms with E-state index in [4.69, 9.17) is 9.47 Å². The van der Waals surface area contributed by atoms with Crippen molar-refractivity contribution in [1.29, 1.82) is 0 Å². The summed E-state index contributed by atoms with van der Waals surface area (Å²) < 4.78 is 10.8. The van der Waals surface area contributed by atoms with Gasteiger partial charge in [-0.25, -0.2) is 4.98 Å². The minimum Gasteiger partial charge on any atom is -0.497 e.